The number of hydrogen-bond acceptors (Lipinski definition) is 6. The van der Waals surface area contributed by atoms with Crippen molar-refractivity contribution in [2.24, 2.45) is 5.92 Å². The van der Waals surface area contributed by atoms with Crippen LogP contribution >= 0.6 is 0 Å². The summed E-state index contributed by atoms with van der Waals surface area (Å²) in [5.41, 5.74) is 6.67. The summed E-state index contributed by atoms with van der Waals surface area (Å²) in [5, 5.41) is 22.5. The van der Waals surface area contributed by atoms with E-state index in [-0.39, 0.29) is 43.3 Å². The van der Waals surface area contributed by atoms with Crippen LogP contribution < -0.4 is 5.32 Å². The van der Waals surface area contributed by atoms with Gasteiger partial charge in [-0.2, -0.15) is 0 Å². The second kappa shape index (κ2) is 14.5. The lowest BCUT2D eigenvalue weighted by molar-refractivity contribution is -0.276. The van der Waals surface area contributed by atoms with E-state index in [0.29, 0.717) is 12.1 Å². The maximum absolute atomic E-state index is 12.5. The van der Waals surface area contributed by atoms with Crippen molar-refractivity contribution >= 4 is 5.91 Å². The van der Waals surface area contributed by atoms with E-state index in [1.165, 1.54) is 0 Å². The van der Waals surface area contributed by atoms with Gasteiger partial charge in [-0.1, -0.05) is 91.9 Å². The molecule has 7 nitrogen and oxygen atoms in total. The number of carbonyl (C=O) groups is 1. The lowest BCUT2D eigenvalue weighted by atomic mass is 9.89. The third-order valence-electron chi connectivity index (χ3n) is 9.18. The molecule has 0 saturated carbocycles. The summed E-state index contributed by atoms with van der Waals surface area (Å²) < 4.78 is 13.3. The van der Waals surface area contributed by atoms with E-state index in [4.69, 9.17) is 9.47 Å². The van der Waals surface area contributed by atoms with Gasteiger partial charge in [-0.3, -0.25) is 9.69 Å². The van der Waals surface area contributed by atoms with E-state index in [1.54, 1.807) is 0 Å². The number of hydrogen-bond donors (Lipinski definition) is 3. The quantitative estimate of drug-likeness (QED) is 0.204. The molecule has 0 unspecified atom stereocenters. The van der Waals surface area contributed by atoms with Crippen LogP contribution in [-0.2, 0) is 22.6 Å². The van der Waals surface area contributed by atoms with Gasteiger partial charge in [0.15, 0.2) is 6.29 Å². The molecule has 0 bridgehead atoms. The molecule has 0 radical (unpaired) electrons. The lowest BCUT2D eigenvalue weighted by Crippen LogP contribution is -2.46. The first-order valence-corrected chi connectivity index (χ1v) is 15.9. The molecule has 2 heterocycles. The smallest absolute Gasteiger partial charge is 0.251 e. The fourth-order valence-corrected chi connectivity index (χ4v) is 6.47. The van der Waals surface area contributed by atoms with E-state index in [2.05, 4.69) is 53.5 Å². The van der Waals surface area contributed by atoms with E-state index in [0.717, 1.165) is 59.3 Å². The maximum Gasteiger partial charge on any atom is 0.251 e. The Bertz CT molecular complexity index is 1540. The van der Waals surface area contributed by atoms with Gasteiger partial charge in [-0.05, 0) is 65.4 Å². The Morgan fingerprint density at radius 3 is 2.33 bits per heavy atom. The summed E-state index contributed by atoms with van der Waals surface area (Å²) in [4.78, 5) is 14.9. The van der Waals surface area contributed by atoms with Crippen LogP contribution in [0.5, 0.6) is 0 Å². The maximum atomic E-state index is 12.5. The first-order chi connectivity index (χ1) is 22.0. The Balaban J connectivity index is 1.18. The van der Waals surface area contributed by atoms with Gasteiger partial charge in [-0.15, -0.1) is 0 Å². The van der Waals surface area contributed by atoms with Gasteiger partial charge in [0.2, 0.25) is 0 Å². The van der Waals surface area contributed by atoms with Crippen molar-refractivity contribution < 1.29 is 24.5 Å². The van der Waals surface area contributed by atoms with Crippen LogP contribution in [0.3, 0.4) is 0 Å². The Hall–Kier alpha value is -3.85. The molecule has 234 valence electrons. The summed E-state index contributed by atoms with van der Waals surface area (Å²) in [6, 6.07) is 33.9. The van der Waals surface area contributed by atoms with Crippen molar-refractivity contribution in [1.82, 2.24) is 10.2 Å². The normalized spacial score (nSPS) is 23.6. The number of carbonyl (C=O) groups excluding carboxylic acids is 1. The van der Waals surface area contributed by atoms with Crippen molar-refractivity contribution in [2.45, 2.75) is 57.5 Å². The third kappa shape index (κ3) is 7.35. The van der Waals surface area contributed by atoms with Crippen LogP contribution in [0, 0.1) is 5.92 Å². The third-order valence-corrected chi connectivity index (χ3v) is 9.18. The van der Waals surface area contributed by atoms with Crippen molar-refractivity contribution in [3.63, 3.8) is 0 Å². The summed E-state index contributed by atoms with van der Waals surface area (Å²) in [5.74, 6) is -0.00437. The minimum Gasteiger partial charge on any atom is -0.395 e. The Labute approximate surface area is 265 Å². The zero-order valence-corrected chi connectivity index (χ0v) is 25.7. The highest BCUT2D eigenvalue weighted by Gasteiger charge is 2.40. The van der Waals surface area contributed by atoms with Gasteiger partial charge in [0.05, 0.1) is 25.4 Å². The fraction of sp³-hybridized carbons (Fsp3) is 0.342. The van der Waals surface area contributed by atoms with Crippen LogP contribution in [0.1, 0.15) is 64.8 Å². The number of nitrogens with one attached hydrogen (secondary N) is 1. The van der Waals surface area contributed by atoms with E-state index >= 15 is 0 Å². The number of aliphatic hydroxyl groups is 2. The first kappa shape index (κ1) is 31.1. The zero-order valence-electron chi connectivity index (χ0n) is 25.7. The summed E-state index contributed by atoms with van der Waals surface area (Å²) >= 11 is 0. The van der Waals surface area contributed by atoms with Gasteiger partial charge in [0.1, 0.15) is 0 Å². The van der Waals surface area contributed by atoms with Crippen LogP contribution in [-0.4, -0.2) is 52.9 Å². The Morgan fingerprint density at radius 2 is 1.60 bits per heavy atom. The minimum atomic E-state index is -0.544. The molecule has 2 aliphatic rings. The molecule has 0 spiro atoms. The number of benzene rings is 4. The van der Waals surface area contributed by atoms with Crippen molar-refractivity contribution in [1.29, 1.82) is 0 Å². The number of aliphatic hydroxyl groups excluding tert-OH is 2. The monoisotopic (exact) mass is 606 g/mol. The van der Waals surface area contributed by atoms with E-state index < -0.39 is 6.29 Å². The van der Waals surface area contributed by atoms with Gasteiger partial charge in [-0.25, -0.2) is 0 Å². The lowest BCUT2D eigenvalue weighted by Gasteiger charge is -2.43. The highest BCUT2D eigenvalue weighted by molar-refractivity contribution is 5.94. The predicted molar refractivity (Wildman–Crippen MR) is 174 cm³/mol. The largest absolute Gasteiger partial charge is 0.395 e. The molecule has 1 amide bonds. The molecule has 0 aliphatic carbocycles. The second-order valence-corrected chi connectivity index (χ2v) is 12.2. The number of amides is 1. The number of nitrogens with zero attached hydrogens (tertiary/aromatic N) is 1. The molecule has 2 aliphatic heterocycles. The predicted octanol–water partition coefficient (Wildman–Crippen LogP) is 6.02. The molecule has 4 aromatic rings. The average Bonchev–Trinajstić information content (AvgIpc) is 3.56. The van der Waals surface area contributed by atoms with Gasteiger partial charge < -0.3 is 25.0 Å². The fourth-order valence-electron chi connectivity index (χ4n) is 6.47. The highest BCUT2D eigenvalue weighted by Crippen LogP contribution is 2.42. The van der Waals surface area contributed by atoms with Crippen molar-refractivity contribution in [2.75, 3.05) is 19.7 Å². The molecule has 45 heavy (non-hydrogen) atoms. The molecule has 7 heteroatoms. The van der Waals surface area contributed by atoms with E-state index in [1.807, 2.05) is 66.7 Å². The number of rotatable bonds is 10. The van der Waals surface area contributed by atoms with Gasteiger partial charge in [0, 0.05) is 36.2 Å². The molecular formula is C38H42N2O5. The Kier molecular flexibility index (Phi) is 10.0. The van der Waals surface area contributed by atoms with Crippen LogP contribution in [0.25, 0.3) is 11.1 Å². The average molecular weight is 607 g/mol. The Morgan fingerprint density at radius 1 is 0.844 bits per heavy atom. The molecule has 0 aromatic heterocycles. The van der Waals surface area contributed by atoms with Crippen molar-refractivity contribution in [3.05, 3.63) is 131 Å². The molecule has 2 fully saturated rings. The first-order valence-electron chi connectivity index (χ1n) is 15.9. The topological polar surface area (TPSA) is 91.3 Å². The van der Waals surface area contributed by atoms with Crippen LogP contribution in [0.4, 0.5) is 0 Å². The SMILES string of the molecule is C[C@H]1[C@@H](CN2CCC[C@H]2CO)O[C@@H](c2ccc(-c3cccc(CNC(=O)c4ccccc4)c3)cc2)O[C@H]1c1ccc(CO)cc1. The molecule has 4 aromatic carbocycles. The molecule has 2 saturated heterocycles. The van der Waals surface area contributed by atoms with Crippen LogP contribution in [0.15, 0.2) is 103 Å². The minimum absolute atomic E-state index is 0.00477. The molecule has 5 atom stereocenters. The van der Waals surface area contributed by atoms with Gasteiger partial charge in [0.25, 0.3) is 5.91 Å². The van der Waals surface area contributed by atoms with E-state index in [9.17, 15) is 15.0 Å². The highest BCUT2D eigenvalue weighted by atomic mass is 16.7. The summed E-state index contributed by atoms with van der Waals surface area (Å²) in [6.45, 7) is 4.48. The molecule has 6 rings (SSSR count). The summed E-state index contributed by atoms with van der Waals surface area (Å²) in [6.07, 6.45) is 1.28. The number of likely N-dealkylation sites (tertiary alicyclic amines) is 1. The number of ether oxygens (including phenoxy) is 2. The molecular weight excluding hydrogens is 564 g/mol. The van der Waals surface area contributed by atoms with Gasteiger partial charge >= 0.3 is 0 Å². The molecule has 3 N–H and O–H groups in total. The zero-order chi connectivity index (χ0) is 31.2. The van der Waals surface area contributed by atoms with Crippen LogP contribution in [0.2, 0.25) is 0 Å². The summed E-state index contributed by atoms with van der Waals surface area (Å²) in [7, 11) is 0. The second-order valence-electron chi connectivity index (χ2n) is 12.2. The van der Waals surface area contributed by atoms with Crippen molar-refractivity contribution in [3.8, 4) is 11.1 Å². The standard InChI is InChI=1S/C38H42N2O5/c1-26-35(23-40-20-6-11-34(40)25-42)44-38(45-36(26)30-14-12-27(24-41)13-15-30)32-18-16-29(17-19-32)33-10-5-7-28(21-33)22-39-37(43)31-8-3-2-4-9-31/h2-5,7-10,12-19,21,26,34-36,38,41-42H,6,11,20,22-25H2,1H3,(H,39,43)/t26-,34-,35+,36+,38+/m0/s1.